The first-order valence-electron chi connectivity index (χ1n) is 6.11. The van der Waals surface area contributed by atoms with Gasteiger partial charge >= 0.3 is 0 Å². The summed E-state index contributed by atoms with van der Waals surface area (Å²) in [6.45, 7) is 0. The molecule has 2 amide bonds. The molecule has 0 aliphatic rings. The van der Waals surface area contributed by atoms with Gasteiger partial charge < -0.3 is 5.32 Å². The summed E-state index contributed by atoms with van der Waals surface area (Å²) >= 11 is 5.92. The Morgan fingerprint density at radius 1 is 1.05 bits per heavy atom. The number of anilines is 1. The lowest BCUT2D eigenvalue weighted by Gasteiger charge is -2.06. The zero-order chi connectivity index (χ0) is 14.1. The van der Waals surface area contributed by atoms with Crippen molar-refractivity contribution < 1.29 is 14.8 Å². The minimum absolute atomic E-state index is 0.0975. The molecule has 104 valence electrons. The number of unbranched alkanes of at least 4 members (excludes halogenated alkanes) is 2. The van der Waals surface area contributed by atoms with Crippen LogP contribution in [0.25, 0.3) is 0 Å². The minimum Gasteiger partial charge on any atom is -0.325 e. The number of amides is 2. The Morgan fingerprint density at radius 2 is 1.68 bits per heavy atom. The molecule has 0 spiro atoms. The SMILES string of the molecule is O=C(CCCCCC(=O)Nc1ccccc1Cl)NO. The van der Waals surface area contributed by atoms with Gasteiger partial charge in [-0.15, -0.1) is 0 Å². The predicted molar refractivity (Wildman–Crippen MR) is 73.1 cm³/mol. The zero-order valence-corrected chi connectivity index (χ0v) is 11.2. The highest BCUT2D eigenvalue weighted by Crippen LogP contribution is 2.20. The van der Waals surface area contributed by atoms with Crippen LogP contribution in [0.1, 0.15) is 32.1 Å². The van der Waals surface area contributed by atoms with E-state index in [-0.39, 0.29) is 12.3 Å². The van der Waals surface area contributed by atoms with Crippen LogP contribution in [0.15, 0.2) is 24.3 Å². The van der Waals surface area contributed by atoms with Crippen molar-refractivity contribution in [3.05, 3.63) is 29.3 Å². The summed E-state index contributed by atoms with van der Waals surface area (Å²) in [6, 6.07) is 7.05. The smallest absolute Gasteiger partial charge is 0.243 e. The molecule has 0 atom stereocenters. The van der Waals surface area contributed by atoms with Gasteiger partial charge in [-0.3, -0.25) is 14.8 Å². The molecule has 0 radical (unpaired) electrons. The van der Waals surface area contributed by atoms with E-state index in [9.17, 15) is 9.59 Å². The van der Waals surface area contributed by atoms with E-state index >= 15 is 0 Å². The van der Waals surface area contributed by atoms with Crippen LogP contribution in [-0.4, -0.2) is 17.0 Å². The second-order valence-corrected chi connectivity index (χ2v) is 4.53. The Labute approximate surface area is 116 Å². The highest BCUT2D eigenvalue weighted by atomic mass is 35.5. The number of para-hydroxylation sites is 1. The molecule has 0 aliphatic heterocycles. The maximum absolute atomic E-state index is 11.6. The largest absolute Gasteiger partial charge is 0.325 e. The first-order chi connectivity index (χ1) is 9.13. The predicted octanol–water partition coefficient (Wildman–Crippen LogP) is 2.73. The Balaban J connectivity index is 2.18. The molecule has 0 bridgehead atoms. The summed E-state index contributed by atoms with van der Waals surface area (Å²) in [5.74, 6) is -0.500. The lowest BCUT2D eigenvalue weighted by atomic mass is 10.1. The minimum atomic E-state index is -0.402. The average Bonchev–Trinajstić information content (AvgIpc) is 2.40. The molecule has 1 rings (SSSR count). The van der Waals surface area contributed by atoms with Gasteiger partial charge in [0.15, 0.2) is 0 Å². The molecule has 0 fully saturated rings. The second-order valence-electron chi connectivity index (χ2n) is 4.12. The lowest BCUT2D eigenvalue weighted by Crippen LogP contribution is -2.17. The van der Waals surface area contributed by atoms with Crippen molar-refractivity contribution in [3.8, 4) is 0 Å². The molecular formula is C13H17ClN2O3. The highest BCUT2D eigenvalue weighted by Gasteiger charge is 2.05. The first kappa shape index (κ1) is 15.5. The number of hydroxylamine groups is 1. The summed E-state index contributed by atoms with van der Waals surface area (Å²) in [7, 11) is 0. The Morgan fingerprint density at radius 3 is 2.32 bits per heavy atom. The quantitative estimate of drug-likeness (QED) is 0.409. The lowest BCUT2D eigenvalue weighted by molar-refractivity contribution is -0.129. The Hall–Kier alpha value is -1.59. The maximum atomic E-state index is 11.6. The van der Waals surface area contributed by atoms with Crippen molar-refractivity contribution in [1.82, 2.24) is 5.48 Å². The first-order valence-corrected chi connectivity index (χ1v) is 6.48. The molecule has 1 aromatic rings. The third-order valence-electron chi connectivity index (χ3n) is 2.58. The fourth-order valence-electron chi connectivity index (χ4n) is 1.58. The van der Waals surface area contributed by atoms with Crippen molar-refractivity contribution in [1.29, 1.82) is 0 Å². The molecule has 0 saturated carbocycles. The third kappa shape index (κ3) is 6.22. The van der Waals surface area contributed by atoms with Crippen LogP contribution < -0.4 is 10.8 Å². The van der Waals surface area contributed by atoms with E-state index in [2.05, 4.69) is 5.32 Å². The van der Waals surface area contributed by atoms with Gasteiger partial charge in [0.05, 0.1) is 10.7 Å². The van der Waals surface area contributed by atoms with E-state index in [0.29, 0.717) is 30.0 Å². The number of nitrogens with one attached hydrogen (secondary N) is 2. The van der Waals surface area contributed by atoms with Gasteiger partial charge in [0.25, 0.3) is 0 Å². The molecule has 6 heteroatoms. The number of hydrogen-bond acceptors (Lipinski definition) is 3. The summed E-state index contributed by atoms with van der Waals surface area (Å²) in [4.78, 5) is 22.4. The number of halogens is 1. The summed E-state index contributed by atoms with van der Waals surface area (Å²) < 4.78 is 0. The second kappa shape index (κ2) is 8.50. The molecule has 1 aromatic carbocycles. The van der Waals surface area contributed by atoms with E-state index < -0.39 is 5.91 Å². The molecule has 0 aromatic heterocycles. The number of benzene rings is 1. The van der Waals surface area contributed by atoms with Gasteiger partial charge in [-0.1, -0.05) is 30.2 Å². The van der Waals surface area contributed by atoms with E-state index in [1.54, 1.807) is 29.7 Å². The Bertz CT molecular complexity index is 438. The topological polar surface area (TPSA) is 78.4 Å². The van der Waals surface area contributed by atoms with Gasteiger partial charge in [0, 0.05) is 12.8 Å². The van der Waals surface area contributed by atoms with Crippen molar-refractivity contribution in [3.63, 3.8) is 0 Å². The number of carbonyl (C=O) groups is 2. The fraction of sp³-hybridized carbons (Fsp3) is 0.385. The molecule has 3 N–H and O–H groups in total. The van der Waals surface area contributed by atoms with Crippen molar-refractivity contribution in [2.45, 2.75) is 32.1 Å². The number of rotatable bonds is 7. The van der Waals surface area contributed by atoms with E-state index in [0.717, 1.165) is 6.42 Å². The van der Waals surface area contributed by atoms with Gasteiger partial charge in [-0.2, -0.15) is 0 Å². The number of hydrogen-bond donors (Lipinski definition) is 3. The third-order valence-corrected chi connectivity index (χ3v) is 2.91. The molecule has 0 unspecified atom stereocenters. The van der Waals surface area contributed by atoms with Crippen molar-refractivity contribution in [2.24, 2.45) is 0 Å². The fourth-order valence-corrected chi connectivity index (χ4v) is 1.76. The zero-order valence-electron chi connectivity index (χ0n) is 10.5. The maximum Gasteiger partial charge on any atom is 0.243 e. The van der Waals surface area contributed by atoms with Crippen LogP contribution in [-0.2, 0) is 9.59 Å². The van der Waals surface area contributed by atoms with Crippen LogP contribution in [0.4, 0.5) is 5.69 Å². The number of carbonyl (C=O) groups excluding carboxylic acids is 2. The average molecular weight is 285 g/mol. The molecule has 0 saturated heterocycles. The van der Waals surface area contributed by atoms with Crippen LogP contribution >= 0.6 is 11.6 Å². The van der Waals surface area contributed by atoms with Gasteiger partial charge in [-0.25, -0.2) is 5.48 Å². The van der Waals surface area contributed by atoms with Gasteiger partial charge in [-0.05, 0) is 25.0 Å². The molecule has 0 heterocycles. The van der Waals surface area contributed by atoms with Crippen molar-refractivity contribution >= 4 is 29.1 Å². The van der Waals surface area contributed by atoms with Crippen LogP contribution in [0.3, 0.4) is 0 Å². The van der Waals surface area contributed by atoms with Gasteiger partial charge in [0.1, 0.15) is 0 Å². The van der Waals surface area contributed by atoms with Crippen molar-refractivity contribution in [2.75, 3.05) is 5.32 Å². The monoisotopic (exact) mass is 284 g/mol. The summed E-state index contributed by atoms with van der Waals surface area (Å²) in [5, 5.41) is 11.5. The van der Waals surface area contributed by atoms with E-state index in [1.807, 2.05) is 0 Å². The van der Waals surface area contributed by atoms with Gasteiger partial charge in [0.2, 0.25) is 11.8 Å². The summed E-state index contributed by atoms with van der Waals surface area (Å²) in [5.41, 5.74) is 2.18. The molecule has 19 heavy (non-hydrogen) atoms. The van der Waals surface area contributed by atoms with E-state index in [1.165, 1.54) is 0 Å². The normalized spacial score (nSPS) is 10.0. The summed E-state index contributed by atoms with van der Waals surface area (Å²) in [6.07, 6.45) is 2.73. The highest BCUT2D eigenvalue weighted by molar-refractivity contribution is 6.33. The molecule has 0 aliphatic carbocycles. The molecule has 5 nitrogen and oxygen atoms in total. The van der Waals surface area contributed by atoms with Crippen LogP contribution in [0, 0.1) is 0 Å². The Kier molecular flexibility index (Phi) is 6.92. The van der Waals surface area contributed by atoms with E-state index in [4.69, 9.17) is 16.8 Å². The van der Waals surface area contributed by atoms with Crippen LogP contribution in [0.5, 0.6) is 0 Å². The van der Waals surface area contributed by atoms with Crippen LogP contribution in [0.2, 0.25) is 5.02 Å². The standard InChI is InChI=1S/C13H17ClN2O3/c14-10-6-4-5-7-11(10)15-12(17)8-2-1-3-9-13(18)16-19/h4-7,19H,1-3,8-9H2,(H,15,17)(H,16,18). The molecular weight excluding hydrogens is 268 g/mol.